The van der Waals surface area contributed by atoms with Crippen molar-refractivity contribution in [2.45, 2.75) is 50.5 Å². The molecule has 4 heterocycles. The van der Waals surface area contributed by atoms with Crippen LogP contribution in [0.5, 0.6) is 0 Å². The lowest BCUT2D eigenvalue weighted by molar-refractivity contribution is -0.117. The monoisotopic (exact) mass is 412 g/mol. The number of hydrogen-bond acceptors (Lipinski definition) is 8. The van der Waals surface area contributed by atoms with Crippen LogP contribution in [0.1, 0.15) is 37.7 Å². The SMILES string of the molecule is CN1CCCCC1CNc1cc(NC2CC2)n2ncc(/C=C3\NC(O)NC3=O)c2n1. The number of nitrogens with zero attached hydrogens (tertiary/aromatic N) is 4. The zero-order chi connectivity index (χ0) is 20.7. The second-order valence-electron chi connectivity index (χ2n) is 8.37. The van der Waals surface area contributed by atoms with Crippen LogP contribution < -0.4 is 21.3 Å². The number of likely N-dealkylation sites (N-methyl/N-ethyl adjacent to an activating group) is 1. The van der Waals surface area contributed by atoms with Gasteiger partial charge in [-0.15, -0.1) is 0 Å². The number of amides is 1. The summed E-state index contributed by atoms with van der Waals surface area (Å²) in [6.45, 7) is 1.97. The quantitative estimate of drug-likeness (QED) is 0.436. The Balaban J connectivity index is 1.45. The standard InChI is InChI=1S/C20H28N8O2/c1-27-7-3-2-4-14(27)11-21-16-9-17(23-13-5-6-13)28-18(25-16)12(10-22-28)8-15-19(29)26-20(30)24-15/h8-10,13-14,20,23-24,30H,2-7,11H2,1H3,(H,21,25)(H,26,29)/b15-8-. The number of aromatic nitrogens is 3. The van der Waals surface area contributed by atoms with Gasteiger partial charge >= 0.3 is 0 Å². The Kier molecular flexibility index (Phi) is 4.95. The first-order valence-corrected chi connectivity index (χ1v) is 10.6. The number of carbonyl (C=O) groups excluding carboxylic acids is 1. The normalized spacial score (nSPS) is 26.1. The van der Waals surface area contributed by atoms with E-state index in [2.05, 4.69) is 38.3 Å². The van der Waals surface area contributed by atoms with Crippen molar-refractivity contribution in [3.8, 4) is 0 Å². The molecule has 30 heavy (non-hydrogen) atoms. The number of fused-ring (bicyclic) bond motifs is 1. The Bertz CT molecular complexity index is 983. The minimum absolute atomic E-state index is 0.290. The highest BCUT2D eigenvalue weighted by Crippen LogP contribution is 2.28. The molecule has 2 aliphatic heterocycles. The predicted molar refractivity (Wildman–Crippen MR) is 114 cm³/mol. The lowest BCUT2D eigenvalue weighted by atomic mass is 10.0. The number of carbonyl (C=O) groups is 1. The first-order chi connectivity index (χ1) is 14.6. The fourth-order valence-corrected chi connectivity index (χ4v) is 4.05. The number of hydrogen-bond donors (Lipinski definition) is 5. The molecular formula is C20H28N8O2. The summed E-state index contributed by atoms with van der Waals surface area (Å²) < 4.78 is 1.77. The van der Waals surface area contributed by atoms with Gasteiger partial charge in [-0.1, -0.05) is 6.42 Å². The minimum Gasteiger partial charge on any atom is -0.368 e. The summed E-state index contributed by atoms with van der Waals surface area (Å²) in [6.07, 6.45) is 8.29. The van der Waals surface area contributed by atoms with Crippen LogP contribution in [0.15, 0.2) is 18.0 Å². The summed E-state index contributed by atoms with van der Waals surface area (Å²) in [4.78, 5) is 19.2. The fourth-order valence-electron chi connectivity index (χ4n) is 4.05. The number of piperidine rings is 1. The van der Waals surface area contributed by atoms with Crippen LogP contribution in [0.2, 0.25) is 0 Å². The number of aliphatic hydroxyl groups excluding tert-OH is 1. The average molecular weight is 412 g/mol. The van der Waals surface area contributed by atoms with Gasteiger partial charge in [0.25, 0.3) is 5.91 Å². The van der Waals surface area contributed by atoms with Crippen molar-refractivity contribution in [1.29, 1.82) is 0 Å². The molecule has 2 aromatic heterocycles. The Morgan fingerprint density at radius 2 is 2.17 bits per heavy atom. The summed E-state index contributed by atoms with van der Waals surface area (Å²) in [5, 5.41) is 26.2. The zero-order valence-electron chi connectivity index (χ0n) is 17.1. The molecule has 2 atom stereocenters. The molecular weight excluding hydrogens is 384 g/mol. The highest BCUT2D eigenvalue weighted by Gasteiger charge is 2.26. The maximum atomic E-state index is 12.0. The van der Waals surface area contributed by atoms with E-state index in [0.29, 0.717) is 23.3 Å². The topological polar surface area (TPSA) is 119 Å². The van der Waals surface area contributed by atoms with Gasteiger partial charge in [-0.05, 0) is 45.4 Å². The van der Waals surface area contributed by atoms with Crippen LogP contribution in [-0.2, 0) is 4.79 Å². The highest BCUT2D eigenvalue weighted by molar-refractivity contribution is 6.00. The van der Waals surface area contributed by atoms with E-state index in [9.17, 15) is 9.90 Å². The molecule has 0 aromatic carbocycles. The van der Waals surface area contributed by atoms with E-state index >= 15 is 0 Å². The van der Waals surface area contributed by atoms with Gasteiger partial charge in [-0.2, -0.15) is 9.61 Å². The van der Waals surface area contributed by atoms with E-state index in [1.807, 2.05) is 6.07 Å². The van der Waals surface area contributed by atoms with Gasteiger partial charge in [0, 0.05) is 30.3 Å². The van der Waals surface area contributed by atoms with Gasteiger partial charge in [0.1, 0.15) is 17.3 Å². The first-order valence-electron chi connectivity index (χ1n) is 10.6. The Morgan fingerprint density at radius 1 is 1.30 bits per heavy atom. The number of likely N-dealkylation sites (tertiary alicyclic amines) is 1. The van der Waals surface area contributed by atoms with E-state index in [1.165, 1.54) is 19.3 Å². The van der Waals surface area contributed by atoms with E-state index in [-0.39, 0.29) is 11.6 Å². The Hall–Kier alpha value is -2.85. The van der Waals surface area contributed by atoms with Crippen molar-refractivity contribution in [3.05, 3.63) is 23.5 Å². The Labute approximate surface area is 174 Å². The number of aliphatic hydroxyl groups is 1. The maximum absolute atomic E-state index is 12.0. The summed E-state index contributed by atoms with van der Waals surface area (Å²) >= 11 is 0. The number of nitrogens with one attached hydrogen (secondary N) is 4. The van der Waals surface area contributed by atoms with Gasteiger partial charge in [-0.25, -0.2) is 4.98 Å². The largest absolute Gasteiger partial charge is 0.368 e. The van der Waals surface area contributed by atoms with E-state index in [4.69, 9.17) is 4.98 Å². The maximum Gasteiger partial charge on any atom is 0.270 e. The molecule has 0 spiro atoms. The molecule has 5 rings (SSSR count). The molecule has 2 unspecified atom stereocenters. The molecule has 2 aromatic rings. The van der Waals surface area contributed by atoms with Crippen molar-refractivity contribution in [3.63, 3.8) is 0 Å². The fraction of sp³-hybridized carbons (Fsp3) is 0.550. The lowest BCUT2D eigenvalue weighted by Gasteiger charge is -2.32. The third-order valence-electron chi connectivity index (χ3n) is 5.97. The van der Waals surface area contributed by atoms with Crippen LogP contribution in [-0.4, -0.2) is 69.1 Å². The average Bonchev–Trinajstić information content (AvgIpc) is 3.36. The van der Waals surface area contributed by atoms with Gasteiger partial charge in [0.2, 0.25) is 6.35 Å². The van der Waals surface area contributed by atoms with Crippen LogP contribution in [0.25, 0.3) is 11.7 Å². The first kappa shape index (κ1) is 19.1. The van der Waals surface area contributed by atoms with Gasteiger partial charge < -0.3 is 31.3 Å². The summed E-state index contributed by atoms with van der Waals surface area (Å²) in [7, 11) is 2.18. The molecule has 3 fully saturated rings. The molecule has 10 nitrogen and oxygen atoms in total. The summed E-state index contributed by atoms with van der Waals surface area (Å²) in [5.74, 6) is 1.32. The predicted octanol–water partition coefficient (Wildman–Crippen LogP) is 0.536. The van der Waals surface area contributed by atoms with Crippen molar-refractivity contribution >= 4 is 29.3 Å². The van der Waals surface area contributed by atoms with Crippen LogP contribution in [0.3, 0.4) is 0 Å². The molecule has 2 saturated heterocycles. The molecule has 0 radical (unpaired) electrons. The van der Waals surface area contributed by atoms with Crippen LogP contribution >= 0.6 is 0 Å². The van der Waals surface area contributed by atoms with Crippen LogP contribution in [0.4, 0.5) is 11.6 Å². The van der Waals surface area contributed by atoms with Gasteiger partial charge in [0.15, 0.2) is 5.65 Å². The molecule has 10 heteroatoms. The molecule has 1 aliphatic carbocycles. The molecule has 5 N–H and O–H groups in total. The Morgan fingerprint density at radius 3 is 2.90 bits per heavy atom. The van der Waals surface area contributed by atoms with E-state index < -0.39 is 6.35 Å². The summed E-state index contributed by atoms with van der Waals surface area (Å²) in [5.41, 5.74) is 1.65. The molecule has 1 saturated carbocycles. The highest BCUT2D eigenvalue weighted by atomic mass is 16.3. The lowest BCUT2D eigenvalue weighted by Crippen LogP contribution is -2.40. The summed E-state index contributed by atoms with van der Waals surface area (Å²) in [6, 6.07) is 2.97. The third kappa shape index (κ3) is 3.92. The molecule has 0 bridgehead atoms. The second-order valence-corrected chi connectivity index (χ2v) is 8.37. The number of anilines is 2. The van der Waals surface area contributed by atoms with Crippen molar-refractivity contribution < 1.29 is 9.90 Å². The van der Waals surface area contributed by atoms with Crippen LogP contribution in [0, 0.1) is 0 Å². The zero-order valence-corrected chi connectivity index (χ0v) is 17.1. The third-order valence-corrected chi connectivity index (χ3v) is 5.97. The van der Waals surface area contributed by atoms with E-state index in [0.717, 1.165) is 37.6 Å². The molecule has 3 aliphatic rings. The number of rotatable bonds is 6. The van der Waals surface area contributed by atoms with Gasteiger partial charge in [-0.3, -0.25) is 4.79 Å². The second kappa shape index (κ2) is 7.77. The molecule has 160 valence electrons. The van der Waals surface area contributed by atoms with Crippen molar-refractivity contribution in [2.75, 3.05) is 30.8 Å². The molecule has 1 amide bonds. The van der Waals surface area contributed by atoms with Crippen molar-refractivity contribution in [2.24, 2.45) is 0 Å². The van der Waals surface area contributed by atoms with Gasteiger partial charge in [0.05, 0.1) is 6.20 Å². The van der Waals surface area contributed by atoms with Crippen molar-refractivity contribution in [1.82, 2.24) is 30.1 Å². The minimum atomic E-state index is -1.07. The smallest absolute Gasteiger partial charge is 0.270 e. The van der Waals surface area contributed by atoms with E-state index in [1.54, 1.807) is 16.8 Å².